The summed E-state index contributed by atoms with van der Waals surface area (Å²) in [6.07, 6.45) is 0. The van der Waals surface area contributed by atoms with Crippen molar-refractivity contribution in [2.45, 2.75) is 17.5 Å². The van der Waals surface area contributed by atoms with E-state index in [-0.39, 0.29) is 17.6 Å². The summed E-state index contributed by atoms with van der Waals surface area (Å²) < 4.78 is 0.459. The van der Waals surface area contributed by atoms with Gasteiger partial charge in [-0.25, -0.2) is 0 Å². The molecule has 1 amide bonds. The van der Waals surface area contributed by atoms with Crippen LogP contribution in [0.1, 0.15) is 39.0 Å². The number of amides is 1. The molecule has 0 radical (unpaired) electrons. The number of rotatable bonds is 5. The van der Waals surface area contributed by atoms with E-state index in [1.165, 1.54) is 29.2 Å². The Morgan fingerprint density at radius 2 is 1.85 bits per heavy atom. The second-order valence-corrected chi connectivity index (χ2v) is 8.86. The van der Waals surface area contributed by atoms with Crippen LogP contribution in [0.2, 0.25) is 0 Å². The van der Waals surface area contributed by atoms with Crippen LogP contribution in [0.3, 0.4) is 0 Å². The number of nitro groups is 1. The second-order valence-electron chi connectivity index (χ2n) is 6.14. The van der Waals surface area contributed by atoms with Crippen LogP contribution in [-0.2, 0) is 0 Å². The normalized spacial score (nSPS) is 15.6. The average Bonchev–Trinajstić information content (AvgIpc) is 3.21. The lowest BCUT2D eigenvalue weighted by atomic mass is 10.0. The SMILES string of the molecule is C[C@@H](c1cccc([N+](=O)[O-])c1)N(C)C(=O)c1ccc(C2SCCS2)cc1. The minimum absolute atomic E-state index is 0.0334. The van der Waals surface area contributed by atoms with Crippen molar-refractivity contribution in [3.8, 4) is 0 Å². The Morgan fingerprint density at radius 1 is 1.19 bits per heavy atom. The van der Waals surface area contributed by atoms with Gasteiger partial charge in [0, 0.05) is 36.2 Å². The van der Waals surface area contributed by atoms with E-state index in [1.54, 1.807) is 24.1 Å². The first kappa shape index (κ1) is 18.8. The van der Waals surface area contributed by atoms with E-state index in [1.807, 2.05) is 54.7 Å². The van der Waals surface area contributed by atoms with Crippen molar-refractivity contribution in [2.24, 2.45) is 0 Å². The van der Waals surface area contributed by atoms with Gasteiger partial charge in [0.15, 0.2) is 0 Å². The van der Waals surface area contributed by atoms with Gasteiger partial charge in [-0.2, -0.15) is 0 Å². The van der Waals surface area contributed by atoms with E-state index < -0.39 is 4.92 Å². The van der Waals surface area contributed by atoms with Gasteiger partial charge in [-0.3, -0.25) is 14.9 Å². The molecule has 1 atom stereocenters. The Balaban J connectivity index is 1.74. The summed E-state index contributed by atoms with van der Waals surface area (Å²) in [6, 6.07) is 13.9. The van der Waals surface area contributed by atoms with Crippen LogP contribution in [0.5, 0.6) is 0 Å². The van der Waals surface area contributed by atoms with Crippen LogP contribution in [0.15, 0.2) is 48.5 Å². The molecule has 3 rings (SSSR count). The van der Waals surface area contributed by atoms with Crippen LogP contribution in [-0.4, -0.2) is 34.3 Å². The minimum atomic E-state index is -0.421. The molecule has 0 aromatic heterocycles. The van der Waals surface area contributed by atoms with Gasteiger partial charge in [-0.05, 0) is 30.2 Å². The molecule has 5 nitrogen and oxygen atoms in total. The summed E-state index contributed by atoms with van der Waals surface area (Å²) in [5.74, 6) is 2.24. The van der Waals surface area contributed by atoms with Gasteiger partial charge in [-0.1, -0.05) is 24.3 Å². The molecule has 0 saturated carbocycles. The Labute approximate surface area is 161 Å². The number of thioether (sulfide) groups is 2. The highest BCUT2D eigenvalue weighted by atomic mass is 32.2. The summed E-state index contributed by atoms with van der Waals surface area (Å²) >= 11 is 3.87. The number of carbonyl (C=O) groups is 1. The van der Waals surface area contributed by atoms with E-state index in [0.29, 0.717) is 10.1 Å². The third-order valence-electron chi connectivity index (χ3n) is 4.52. The summed E-state index contributed by atoms with van der Waals surface area (Å²) in [7, 11) is 1.72. The van der Waals surface area contributed by atoms with E-state index in [2.05, 4.69) is 0 Å². The van der Waals surface area contributed by atoms with Crippen LogP contribution in [0.25, 0.3) is 0 Å². The highest BCUT2D eigenvalue weighted by Gasteiger charge is 2.22. The lowest BCUT2D eigenvalue weighted by molar-refractivity contribution is -0.384. The molecule has 1 saturated heterocycles. The predicted molar refractivity (Wildman–Crippen MR) is 108 cm³/mol. The summed E-state index contributed by atoms with van der Waals surface area (Å²) in [6.45, 7) is 1.87. The van der Waals surface area contributed by atoms with Gasteiger partial charge in [-0.15, -0.1) is 23.5 Å². The Bertz CT molecular complexity index is 805. The molecule has 0 N–H and O–H groups in total. The van der Waals surface area contributed by atoms with Gasteiger partial charge in [0.2, 0.25) is 0 Å². The Kier molecular flexibility index (Phi) is 5.88. The number of benzene rings is 2. The van der Waals surface area contributed by atoms with Gasteiger partial charge in [0.1, 0.15) is 0 Å². The molecule has 26 heavy (non-hydrogen) atoms. The fraction of sp³-hybridized carbons (Fsp3) is 0.316. The molecule has 1 aliphatic heterocycles. The number of non-ortho nitro benzene ring substituents is 1. The zero-order valence-corrected chi connectivity index (χ0v) is 16.3. The standard InChI is InChI=1S/C19H20N2O3S2/c1-13(16-4-3-5-17(12-16)21(23)24)20(2)18(22)14-6-8-15(9-7-14)19-25-10-11-26-19/h3-9,12-13,19H,10-11H2,1-2H3/t13-/m0/s1. The number of nitrogens with zero attached hydrogens (tertiary/aromatic N) is 2. The molecular weight excluding hydrogens is 368 g/mol. The maximum atomic E-state index is 12.8. The molecule has 0 aliphatic carbocycles. The van der Waals surface area contributed by atoms with Crippen molar-refractivity contribution < 1.29 is 9.72 Å². The number of hydrogen-bond donors (Lipinski definition) is 0. The van der Waals surface area contributed by atoms with Gasteiger partial charge >= 0.3 is 0 Å². The lowest BCUT2D eigenvalue weighted by Gasteiger charge is -2.25. The largest absolute Gasteiger partial charge is 0.335 e. The van der Waals surface area contributed by atoms with Crippen molar-refractivity contribution in [3.05, 3.63) is 75.3 Å². The number of nitro benzene ring substituents is 1. The quantitative estimate of drug-likeness (QED) is 0.538. The maximum absolute atomic E-state index is 12.8. The summed E-state index contributed by atoms with van der Waals surface area (Å²) in [4.78, 5) is 25.0. The molecule has 2 aromatic carbocycles. The minimum Gasteiger partial charge on any atom is -0.335 e. The van der Waals surface area contributed by atoms with Crippen LogP contribution in [0, 0.1) is 10.1 Å². The fourth-order valence-electron chi connectivity index (χ4n) is 2.84. The maximum Gasteiger partial charge on any atom is 0.269 e. The van der Waals surface area contributed by atoms with Crippen molar-refractivity contribution in [1.82, 2.24) is 4.90 Å². The van der Waals surface area contributed by atoms with Crippen LogP contribution >= 0.6 is 23.5 Å². The third-order valence-corrected chi connectivity index (χ3v) is 7.62. The van der Waals surface area contributed by atoms with Crippen molar-refractivity contribution in [3.63, 3.8) is 0 Å². The first-order valence-electron chi connectivity index (χ1n) is 8.32. The van der Waals surface area contributed by atoms with Crippen molar-refractivity contribution >= 4 is 35.1 Å². The first-order valence-corrected chi connectivity index (χ1v) is 10.4. The monoisotopic (exact) mass is 388 g/mol. The molecule has 0 bridgehead atoms. The number of hydrogen-bond acceptors (Lipinski definition) is 5. The molecule has 136 valence electrons. The van der Waals surface area contributed by atoms with Gasteiger partial charge in [0.25, 0.3) is 11.6 Å². The number of carbonyl (C=O) groups excluding carboxylic acids is 1. The molecule has 1 aliphatic rings. The molecule has 0 spiro atoms. The highest BCUT2D eigenvalue weighted by Crippen LogP contribution is 2.45. The van der Waals surface area contributed by atoms with E-state index in [9.17, 15) is 14.9 Å². The predicted octanol–water partition coefficient (Wildman–Crippen LogP) is 4.91. The van der Waals surface area contributed by atoms with Crippen LogP contribution < -0.4 is 0 Å². The molecule has 2 aromatic rings. The first-order chi connectivity index (χ1) is 12.5. The summed E-state index contributed by atoms with van der Waals surface area (Å²) in [5.41, 5.74) is 2.64. The zero-order chi connectivity index (χ0) is 18.7. The molecule has 7 heteroatoms. The zero-order valence-electron chi connectivity index (χ0n) is 14.6. The van der Waals surface area contributed by atoms with E-state index >= 15 is 0 Å². The topological polar surface area (TPSA) is 63.5 Å². The summed E-state index contributed by atoms with van der Waals surface area (Å²) in [5, 5.41) is 11.0. The Morgan fingerprint density at radius 3 is 2.46 bits per heavy atom. The smallest absolute Gasteiger partial charge is 0.269 e. The van der Waals surface area contributed by atoms with E-state index in [0.717, 1.165) is 5.56 Å². The van der Waals surface area contributed by atoms with Gasteiger partial charge in [0.05, 0.1) is 15.5 Å². The van der Waals surface area contributed by atoms with Crippen molar-refractivity contribution in [2.75, 3.05) is 18.6 Å². The highest BCUT2D eigenvalue weighted by molar-refractivity contribution is 8.19. The fourth-order valence-corrected chi connectivity index (χ4v) is 5.69. The average molecular weight is 389 g/mol. The Hall–Kier alpha value is -1.99. The van der Waals surface area contributed by atoms with Crippen LogP contribution in [0.4, 0.5) is 5.69 Å². The molecular formula is C19H20N2O3S2. The lowest BCUT2D eigenvalue weighted by Crippen LogP contribution is -2.29. The van der Waals surface area contributed by atoms with Crippen molar-refractivity contribution in [1.29, 1.82) is 0 Å². The molecule has 1 fully saturated rings. The van der Waals surface area contributed by atoms with E-state index in [4.69, 9.17) is 0 Å². The van der Waals surface area contributed by atoms with Gasteiger partial charge < -0.3 is 4.90 Å². The molecule has 0 unspecified atom stereocenters. The third kappa shape index (κ3) is 4.04. The molecule has 1 heterocycles. The second kappa shape index (κ2) is 8.14.